The number of fused-ring (bicyclic) bond motifs is 1. The Morgan fingerprint density at radius 3 is 2.35 bits per heavy atom. The van der Waals surface area contributed by atoms with Crippen LogP contribution in [0.15, 0.2) is 78.5 Å². The molecular weight excluding hydrogens is 762 g/mol. The molecule has 48 heavy (non-hydrogen) atoms. The Balaban J connectivity index is 1.49. The van der Waals surface area contributed by atoms with Crippen LogP contribution in [0.1, 0.15) is 54.6 Å². The lowest BCUT2D eigenvalue weighted by atomic mass is 9.95. The van der Waals surface area contributed by atoms with Crippen molar-refractivity contribution >= 4 is 66.8 Å². The first-order chi connectivity index (χ1) is 22.9. The van der Waals surface area contributed by atoms with Crippen molar-refractivity contribution in [2.45, 2.75) is 47.6 Å². The Hall–Kier alpha value is -4.00. The maximum atomic E-state index is 14.0. The van der Waals surface area contributed by atoms with E-state index in [9.17, 15) is 14.4 Å². The standard InChI is InChI=1S/C36H35Br2N3O6S/c1-7-45-28-16-23(15-26(38)33(28)47-18-30(42)40-27-14-21(5)20(4)13-25(27)37)17-29-34(43)41-32(24-11-9-19(3)10-12-24)31(35(44)46-8-2)22(6)39-36(41)48-29/h9-17,32H,7-8,18H2,1-6H3,(H,40,42)/b29-17+/t32-/m0/s1. The molecule has 0 saturated heterocycles. The predicted molar refractivity (Wildman–Crippen MR) is 195 cm³/mol. The van der Waals surface area contributed by atoms with E-state index in [2.05, 4.69) is 42.2 Å². The fourth-order valence-electron chi connectivity index (χ4n) is 5.28. The van der Waals surface area contributed by atoms with Crippen LogP contribution in [0.25, 0.3) is 6.08 Å². The van der Waals surface area contributed by atoms with Crippen LogP contribution in [0, 0.1) is 20.8 Å². The number of nitrogens with zero attached hydrogens (tertiary/aromatic N) is 2. The Morgan fingerprint density at radius 2 is 1.67 bits per heavy atom. The number of halogens is 2. The van der Waals surface area contributed by atoms with Gasteiger partial charge < -0.3 is 19.5 Å². The van der Waals surface area contributed by atoms with Crippen LogP contribution in [0.3, 0.4) is 0 Å². The molecule has 0 saturated carbocycles. The van der Waals surface area contributed by atoms with Gasteiger partial charge in [-0.3, -0.25) is 14.2 Å². The summed E-state index contributed by atoms with van der Waals surface area (Å²) in [6.07, 6.45) is 1.75. The van der Waals surface area contributed by atoms with Crippen molar-refractivity contribution in [1.82, 2.24) is 4.57 Å². The van der Waals surface area contributed by atoms with Crippen LogP contribution in [0.2, 0.25) is 0 Å². The maximum Gasteiger partial charge on any atom is 0.338 e. The minimum atomic E-state index is -0.694. The fourth-order valence-corrected chi connectivity index (χ4v) is 7.46. The quantitative estimate of drug-likeness (QED) is 0.180. The molecule has 3 aromatic carbocycles. The van der Waals surface area contributed by atoms with Gasteiger partial charge in [0.05, 0.1) is 45.2 Å². The molecule has 4 aromatic rings. The normalized spacial score (nSPS) is 14.3. The van der Waals surface area contributed by atoms with E-state index >= 15 is 0 Å². The van der Waals surface area contributed by atoms with Crippen molar-refractivity contribution in [3.8, 4) is 11.5 Å². The summed E-state index contributed by atoms with van der Waals surface area (Å²) in [6, 6.07) is 14.4. The first-order valence-electron chi connectivity index (χ1n) is 15.3. The molecule has 9 nitrogen and oxygen atoms in total. The number of aryl methyl sites for hydroxylation is 3. The Labute approximate surface area is 299 Å². The number of thiazole rings is 1. The van der Waals surface area contributed by atoms with Gasteiger partial charge in [0, 0.05) is 4.47 Å². The van der Waals surface area contributed by atoms with E-state index in [1.807, 2.05) is 64.1 Å². The van der Waals surface area contributed by atoms with Gasteiger partial charge in [-0.1, -0.05) is 41.2 Å². The number of carbonyl (C=O) groups is 2. The molecule has 0 radical (unpaired) electrons. The van der Waals surface area contributed by atoms with Gasteiger partial charge in [0.25, 0.3) is 11.5 Å². The lowest BCUT2D eigenvalue weighted by Gasteiger charge is -2.24. The highest BCUT2D eigenvalue weighted by Crippen LogP contribution is 2.37. The van der Waals surface area contributed by atoms with Gasteiger partial charge in [-0.05, 0) is 126 Å². The largest absolute Gasteiger partial charge is 0.490 e. The molecule has 1 N–H and O–H groups in total. The van der Waals surface area contributed by atoms with Crippen molar-refractivity contribution in [2.75, 3.05) is 25.1 Å². The van der Waals surface area contributed by atoms with Crippen molar-refractivity contribution in [3.05, 3.63) is 116 Å². The third kappa shape index (κ3) is 7.50. The summed E-state index contributed by atoms with van der Waals surface area (Å²) < 4.78 is 20.5. The van der Waals surface area contributed by atoms with Gasteiger partial charge >= 0.3 is 5.97 Å². The Bertz CT molecular complexity index is 2120. The van der Waals surface area contributed by atoms with Crippen molar-refractivity contribution < 1.29 is 23.8 Å². The maximum absolute atomic E-state index is 14.0. The molecule has 0 bridgehead atoms. The minimum Gasteiger partial charge on any atom is -0.490 e. The molecule has 12 heteroatoms. The van der Waals surface area contributed by atoms with Gasteiger partial charge in [0.15, 0.2) is 22.9 Å². The smallest absolute Gasteiger partial charge is 0.338 e. The molecule has 1 amide bonds. The number of anilines is 1. The van der Waals surface area contributed by atoms with Crippen molar-refractivity contribution in [1.29, 1.82) is 0 Å². The molecule has 1 aliphatic rings. The van der Waals surface area contributed by atoms with E-state index in [1.54, 1.807) is 36.6 Å². The van der Waals surface area contributed by atoms with Crippen molar-refractivity contribution in [3.63, 3.8) is 0 Å². The number of ether oxygens (including phenoxy) is 3. The van der Waals surface area contributed by atoms with Gasteiger partial charge in [-0.2, -0.15) is 0 Å². The fraction of sp³-hybridized carbons (Fsp3) is 0.278. The molecule has 1 aromatic heterocycles. The molecule has 0 spiro atoms. The van der Waals surface area contributed by atoms with Crippen LogP contribution in [0.4, 0.5) is 5.69 Å². The zero-order valence-electron chi connectivity index (χ0n) is 27.4. The molecule has 0 aliphatic carbocycles. The minimum absolute atomic E-state index is 0.201. The number of hydrogen-bond donors (Lipinski definition) is 1. The highest BCUT2D eigenvalue weighted by molar-refractivity contribution is 9.11. The van der Waals surface area contributed by atoms with Crippen LogP contribution in [-0.2, 0) is 14.3 Å². The first kappa shape index (κ1) is 35.3. The van der Waals surface area contributed by atoms with Crippen LogP contribution in [-0.4, -0.2) is 36.3 Å². The molecule has 1 atom stereocenters. The molecule has 250 valence electrons. The van der Waals surface area contributed by atoms with Gasteiger partial charge in [-0.25, -0.2) is 9.79 Å². The second-order valence-electron chi connectivity index (χ2n) is 11.2. The SMILES string of the molecule is CCOC(=O)C1=C(C)N=c2s/c(=C/c3cc(Br)c(OCC(=O)Nc4cc(C)c(C)cc4Br)c(OCC)c3)c(=O)n2[C@H]1c1ccc(C)cc1. The number of allylic oxidation sites excluding steroid dienone is 1. The number of esters is 1. The van der Waals surface area contributed by atoms with E-state index in [4.69, 9.17) is 14.2 Å². The lowest BCUT2D eigenvalue weighted by molar-refractivity contribution is -0.139. The lowest BCUT2D eigenvalue weighted by Crippen LogP contribution is -2.39. The average molecular weight is 798 g/mol. The summed E-state index contributed by atoms with van der Waals surface area (Å²) in [5, 5.41) is 2.88. The molecule has 5 rings (SSSR count). The van der Waals surface area contributed by atoms with E-state index in [0.29, 0.717) is 54.4 Å². The molecule has 2 heterocycles. The summed E-state index contributed by atoms with van der Waals surface area (Å²) in [4.78, 5) is 45.2. The zero-order chi connectivity index (χ0) is 34.7. The van der Waals surface area contributed by atoms with Crippen LogP contribution < -0.4 is 29.7 Å². The summed E-state index contributed by atoms with van der Waals surface area (Å²) in [5.74, 6) is -0.0725. The second kappa shape index (κ2) is 15.0. The summed E-state index contributed by atoms with van der Waals surface area (Å²) in [6.45, 7) is 11.6. The summed E-state index contributed by atoms with van der Waals surface area (Å²) in [5.41, 5.74) is 5.87. The summed E-state index contributed by atoms with van der Waals surface area (Å²) in [7, 11) is 0. The highest BCUT2D eigenvalue weighted by Gasteiger charge is 2.33. The number of hydrogen-bond acceptors (Lipinski definition) is 8. The highest BCUT2D eigenvalue weighted by atomic mass is 79.9. The first-order valence-corrected chi connectivity index (χ1v) is 17.7. The van der Waals surface area contributed by atoms with E-state index in [1.165, 1.54) is 11.3 Å². The molecule has 0 fully saturated rings. The second-order valence-corrected chi connectivity index (χ2v) is 13.9. The van der Waals surface area contributed by atoms with Gasteiger partial charge in [-0.15, -0.1) is 0 Å². The molecule has 1 aliphatic heterocycles. The topological polar surface area (TPSA) is 108 Å². The van der Waals surface area contributed by atoms with Crippen LogP contribution in [0.5, 0.6) is 11.5 Å². The Kier molecular flexibility index (Phi) is 11.1. The molecular formula is C36H35Br2N3O6S. The third-order valence-corrected chi connectivity index (χ3v) is 9.97. The molecule has 0 unspecified atom stereocenters. The van der Waals surface area contributed by atoms with Crippen molar-refractivity contribution in [2.24, 2.45) is 4.99 Å². The van der Waals surface area contributed by atoms with E-state index in [-0.39, 0.29) is 24.7 Å². The Morgan fingerprint density at radius 1 is 0.958 bits per heavy atom. The zero-order valence-corrected chi connectivity index (χ0v) is 31.4. The van der Waals surface area contributed by atoms with E-state index < -0.39 is 12.0 Å². The number of nitrogens with one attached hydrogen (secondary N) is 1. The number of aromatic nitrogens is 1. The monoisotopic (exact) mass is 795 g/mol. The number of rotatable bonds is 10. The predicted octanol–water partition coefficient (Wildman–Crippen LogP) is 6.66. The number of amides is 1. The van der Waals surface area contributed by atoms with Gasteiger partial charge in [0.1, 0.15) is 0 Å². The average Bonchev–Trinajstić information content (AvgIpc) is 3.33. The van der Waals surface area contributed by atoms with Gasteiger partial charge in [0.2, 0.25) is 0 Å². The summed E-state index contributed by atoms with van der Waals surface area (Å²) >= 11 is 8.31. The number of benzene rings is 3. The third-order valence-electron chi connectivity index (χ3n) is 7.74. The van der Waals surface area contributed by atoms with E-state index in [0.717, 1.165) is 26.7 Å². The number of carbonyl (C=O) groups excluding carboxylic acids is 2. The van der Waals surface area contributed by atoms with Crippen LogP contribution >= 0.6 is 43.2 Å².